The number of ether oxygens (including phenoxy) is 8. The summed E-state index contributed by atoms with van der Waals surface area (Å²) in [6.07, 6.45) is 0. The van der Waals surface area contributed by atoms with Crippen LogP contribution in [0.5, 0.6) is 57.5 Å². The van der Waals surface area contributed by atoms with Crippen LogP contribution >= 0.6 is 0 Å². The predicted molar refractivity (Wildman–Crippen MR) is 149 cm³/mol. The number of rotatable bonds is 18. The number of ketones is 1. The van der Waals surface area contributed by atoms with E-state index in [9.17, 15) is 15.0 Å². The Hall–Kier alpha value is -3.89. The molecule has 0 radical (unpaired) electrons. The molecule has 2 aromatic rings. The molecule has 40 heavy (non-hydrogen) atoms. The topological polar surface area (TPSA) is 131 Å². The quantitative estimate of drug-likeness (QED) is 0.221. The second-order valence-corrected chi connectivity index (χ2v) is 7.87. The Bertz CT molecular complexity index is 982. The first-order chi connectivity index (χ1) is 19.3. The fourth-order valence-electron chi connectivity index (χ4n) is 4.08. The fourth-order valence-corrected chi connectivity index (χ4v) is 4.08. The Morgan fingerprint density at radius 1 is 0.400 bits per heavy atom. The number of phenolic OH excluding ortho intramolecular Hbond substituents is 2. The van der Waals surface area contributed by atoms with Crippen LogP contribution in [-0.4, -0.2) is 68.9 Å². The molecule has 224 valence electrons. The van der Waals surface area contributed by atoms with Gasteiger partial charge < -0.3 is 48.1 Å². The van der Waals surface area contributed by atoms with Crippen LogP contribution in [0.2, 0.25) is 0 Å². The number of hydrogen-bond donors (Lipinski definition) is 2. The van der Waals surface area contributed by atoms with Gasteiger partial charge in [0.25, 0.3) is 0 Å². The standard InChI is InChI=1S/C29H42O11/c1-9-33-22-17(23(34-10-2)27(38-14-6)20(31)26(22)37-13-5)19(30)18-24(35-11-3)28(39-15-7)21(32)29(40-16-8)25(18)36-12-4/h31-32H,9-16H2,1-8H3. The number of hydrogen-bond acceptors (Lipinski definition) is 11. The van der Waals surface area contributed by atoms with E-state index in [1.807, 2.05) is 0 Å². The molecule has 0 amide bonds. The van der Waals surface area contributed by atoms with E-state index in [0.717, 1.165) is 0 Å². The van der Waals surface area contributed by atoms with Gasteiger partial charge in [0.2, 0.25) is 40.3 Å². The lowest BCUT2D eigenvalue weighted by molar-refractivity contribution is 0.101. The molecule has 0 aliphatic rings. The Morgan fingerprint density at radius 2 is 0.575 bits per heavy atom. The van der Waals surface area contributed by atoms with E-state index < -0.39 is 5.78 Å². The monoisotopic (exact) mass is 566 g/mol. The van der Waals surface area contributed by atoms with Gasteiger partial charge in [0, 0.05) is 0 Å². The Kier molecular flexibility index (Phi) is 12.6. The van der Waals surface area contributed by atoms with E-state index in [4.69, 9.17) is 37.9 Å². The van der Waals surface area contributed by atoms with Crippen LogP contribution in [0.25, 0.3) is 0 Å². The van der Waals surface area contributed by atoms with Crippen molar-refractivity contribution in [3.63, 3.8) is 0 Å². The minimum absolute atomic E-state index is 0.0485. The Balaban J connectivity index is 3.21. The summed E-state index contributed by atoms with van der Waals surface area (Å²) in [6, 6.07) is 0. The van der Waals surface area contributed by atoms with Crippen LogP contribution < -0.4 is 37.9 Å². The summed E-state index contributed by atoms with van der Waals surface area (Å²) in [4.78, 5) is 14.8. The molecule has 0 bridgehead atoms. The first kappa shape index (κ1) is 32.3. The van der Waals surface area contributed by atoms with Crippen LogP contribution in [0.1, 0.15) is 71.3 Å². The van der Waals surface area contributed by atoms with Crippen molar-refractivity contribution in [2.75, 3.05) is 52.9 Å². The molecule has 0 saturated carbocycles. The number of phenols is 2. The molecular weight excluding hydrogens is 524 g/mol. The molecule has 11 heteroatoms. The second kappa shape index (κ2) is 15.6. The molecule has 0 aromatic heterocycles. The van der Waals surface area contributed by atoms with Gasteiger partial charge in [-0.05, 0) is 55.4 Å². The zero-order valence-corrected chi connectivity index (χ0v) is 24.7. The molecular formula is C29H42O11. The van der Waals surface area contributed by atoms with Gasteiger partial charge >= 0.3 is 0 Å². The molecule has 0 aliphatic carbocycles. The molecule has 0 spiro atoms. The van der Waals surface area contributed by atoms with Crippen molar-refractivity contribution in [1.82, 2.24) is 0 Å². The first-order valence-electron chi connectivity index (χ1n) is 13.8. The van der Waals surface area contributed by atoms with Crippen molar-refractivity contribution in [1.29, 1.82) is 0 Å². The van der Waals surface area contributed by atoms with Gasteiger partial charge in [-0.2, -0.15) is 0 Å². The number of aromatic hydroxyl groups is 2. The lowest BCUT2D eigenvalue weighted by Crippen LogP contribution is -2.16. The Labute approximate surface area is 235 Å². The van der Waals surface area contributed by atoms with Crippen molar-refractivity contribution in [3.8, 4) is 57.5 Å². The maximum absolute atomic E-state index is 14.8. The Morgan fingerprint density at radius 3 is 0.750 bits per heavy atom. The molecule has 11 nitrogen and oxygen atoms in total. The highest BCUT2D eigenvalue weighted by atomic mass is 16.6. The average molecular weight is 567 g/mol. The molecule has 0 heterocycles. The molecule has 2 N–H and O–H groups in total. The molecule has 0 aliphatic heterocycles. The first-order valence-corrected chi connectivity index (χ1v) is 13.8. The van der Waals surface area contributed by atoms with Gasteiger partial charge in [0.15, 0.2) is 23.0 Å². The zero-order chi connectivity index (χ0) is 29.8. The van der Waals surface area contributed by atoms with Crippen LogP contribution in [0.4, 0.5) is 0 Å². The third-order valence-corrected chi connectivity index (χ3v) is 5.36. The fraction of sp³-hybridized carbons (Fsp3) is 0.552. The summed E-state index contributed by atoms with van der Waals surface area (Å²) < 4.78 is 46.6. The molecule has 2 aromatic carbocycles. The second-order valence-electron chi connectivity index (χ2n) is 7.87. The van der Waals surface area contributed by atoms with Crippen molar-refractivity contribution in [2.45, 2.75) is 55.4 Å². The summed E-state index contributed by atoms with van der Waals surface area (Å²) in [5.74, 6) is -1.92. The van der Waals surface area contributed by atoms with E-state index in [1.165, 1.54) is 0 Å². The molecule has 0 atom stereocenters. The summed E-state index contributed by atoms with van der Waals surface area (Å²) in [7, 11) is 0. The smallest absolute Gasteiger partial charge is 0.208 e. The highest BCUT2D eigenvalue weighted by Gasteiger charge is 2.39. The minimum atomic E-state index is -0.678. The molecule has 0 fully saturated rings. The van der Waals surface area contributed by atoms with Gasteiger partial charge in [0.05, 0.1) is 52.9 Å². The van der Waals surface area contributed by atoms with Crippen molar-refractivity contribution in [2.24, 2.45) is 0 Å². The highest BCUT2D eigenvalue weighted by Crippen LogP contribution is 2.58. The van der Waals surface area contributed by atoms with Gasteiger partial charge in [0.1, 0.15) is 11.1 Å². The largest absolute Gasteiger partial charge is 0.501 e. The van der Waals surface area contributed by atoms with Crippen LogP contribution in [-0.2, 0) is 0 Å². The molecule has 2 rings (SSSR count). The maximum Gasteiger partial charge on any atom is 0.208 e. The van der Waals surface area contributed by atoms with E-state index in [0.29, 0.717) is 0 Å². The predicted octanol–water partition coefficient (Wildman–Crippen LogP) is 5.52. The van der Waals surface area contributed by atoms with Gasteiger partial charge in [-0.25, -0.2) is 0 Å². The minimum Gasteiger partial charge on any atom is -0.501 e. The third-order valence-electron chi connectivity index (χ3n) is 5.36. The number of carbonyl (C=O) groups is 1. The van der Waals surface area contributed by atoms with Crippen LogP contribution in [0.15, 0.2) is 0 Å². The van der Waals surface area contributed by atoms with Crippen molar-refractivity contribution < 1.29 is 52.9 Å². The molecule has 0 unspecified atom stereocenters. The van der Waals surface area contributed by atoms with E-state index in [2.05, 4.69) is 0 Å². The lowest BCUT2D eigenvalue weighted by Gasteiger charge is -2.25. The highest BCUT2D eigenvalue weighted by molar-refractivity contribution is 6.18. The van der Waals surface area contributed by atoms with Crippen LogP contribution in [0.3, 0.4) is 0 Å². The summed E-state index contributed by atoms with van der Waals surface area (Å²) >= 11 is 0. The molecule has 0 saturated heterocycles. The van der Waals surface area contributed by atoms with Crippen molar-refractivity contribution >= 4 is 5.78 Å². The summed E-state index contributed by atoms with van der Waals surface area (Å²) in [5.41, 5.74) is -0.184. The zero-order valence-electron chi connectivity index (χ0n) is 24.7. The van der Waals surface area contributed by atoms with E-state index in [-0.39, 0.29) is 121 Å². The van der Waals surface area contributed by atoms with Crippen LogP contribution in [0, 0.1) is 0 Å². The summed E-state index contributed by atoms with van der Waals surface area (Å²) in [6.45, 7) is 15.1. The third kappa shape index (κ3) is 6.46. The lowest BCUT2D eigenvalue weighted by atomic mass is 9.96. The normalized spacial score (nSPS) is 10.6. The summed E-state index contributed by atoms with van der Waals surface area (Å²) in [5, 5.41) is 22.3. The number of benzene rings is 2. The maximum atomic E-state index is 14.8. The number of carbonyl (C=O) groups excluding carboxylic acids is 1. The van der Waals surface area contributed by atoms with Gasteiger partial charge in [-0.1, -0.05) is 0 Å². The SMILES string of the molecule is CCOc1c(O)c(OCC)c(OCC)c(C(=O)c2c(OCC)c(OCC)c(O)c(OCC)c2OCC)c1OCC. The van der Waals surface area contributed by atoms with Gasteiger partial charge in [-0.15, -0.1) is 0 Å². The van der Waals surface area contributed by atoms with E-state index >= 15 is 0 Å². The average Bonchev–Trinajstić information content (AvgIpc) is 2.93. The van der Waals surface area contributed by atoms with E-state index in [1.54, 1.807) is 55.4 Å². The van der Waals surface area contributed by atoms with Gasteiger partial charge in [-0.3, -0.25) is 4.79 Å². The van der Waals surface area contributed by atoms with Crippen molar-refractivity contribution in [3.05, 3.63) is 11.1 Å².